The van der Waals surface area contributed by atoms with Gasteiger partial charge in [-0.25, -0.2) is 0 Å². The molecule has 1 aromatic carbocycles. The summed E-state index contributed by atoms with van der Waals surface area (Å²) >= 11 is 0. The normalized spacial score (nSPS) is 24.3. The maximum atomic E-state index is 12.6. The Morgan fingerprint density at radius 2 is 2.04 bits per heavy atom. The Bertz CT molecular complexity index is 742. The number of hydrogen-bond donors (Lipinski definition) is 2. The minimum Gasteiger partial charge on any atom is -0.322 e. The summed E-state index contributed by atoms with van der Waals surface area (Å²) in [4.78, 5) is 40.0. The molecule has 1 atom stereocenters. The number of likely N-dealkylation sites (tertiary alicyclic amines) is 1. The molecule has 7 nitrogen and oxygen atoms in total. The number of carbonyl (C=O) groups is 3. The van der Waals surface area contributed by atoms with Crippen molar-refractivity contribution in [3.63, 3.8) is 0 Å². The van der Waals surface area contributed by atoms with E-state index in [0.29, 0.717) is 24.6 Å². The summed E-state index contributed by atoms with van der Waals surface area (Å²) in [7, 11) is 1.98. The van der Waals surface area contributed by atoms with Gasteiger partial charge in [-0.1, -0.05) is 12.1 Å². The number of carbonyl (C=O) groups excluding carboxylic acids is 3. The molecule has 2 N–H and O–H groups in total. The summed E-state index contributed by atoms with van der Waals surface area (Å²) in [5.41, 5.74) is 2.83. The Hall–Kier alpha value is -2.25. The molecular weight excluding hydrogens is 320 g/mol. The number of amides is 3. The van der Waals surface area contributed by atoms with Crippen molar-refractivity contribution in [3.05, 3.63) is 34.9 Å². The van der Waals surface area contributed by atoms with Crippen molar-refractivity contribution < 1.29 is 14.4 Å². The van der Waals surface area contributed by atoms with Crippen LogP contribution in [0.5, 0.6) is 0 Å². The van der Waals surface area contributed by atoms with E-state index in [1.807, 2.05) is 19.2 Å². The highest BCUT2D eigenvalue weighted by molar-refractivity contribution is 6.05. The van der Waals surface area contributed by atoms with Crippen molar-refractivity contribution >= 4 is 17.7 Å². The summed E-state index contributed by atoms with van der Waals surface area (Å²) in [6.45, 7) is 3.38. The number of rotatable bonds is 4. The number of fused-ring (bicyclic) bond motifs is 1. The van der Waals surface area contributed by atoms with E-state index >= 15 is 0 Å². The van der Waals surface area contributed by atoms with Crippen molar-refractivity contribution in [2.45, 2.75) is 38.0 Å². The summed E-state index contributed by atoms with van der Waals surface area (Å²) in [5, 5.41) is 5.59. The smallest absolute Gasteiger partial charge is 0.255 e. The third-order valence-corrected chi connectivity index (χ3v) is 5.36. The number of benzene rings is 1. The van der Waals surface area contributed by atoms with Crippen LogP contribution in [0.2, 0.25) is 0 Å². The summed E-state index contributed by atoms with van der Waals surface area (Å²) in [6, 6.07) is 5.96. The van der Waals surface area contributed by atoms with Crippen LogP contribution >= 0.6 is 0 Å². The molecule has 25 heavy (non-hydrogen) atoms. The third kappa shape index (κ3) is 2.94. The van der Waals surface area contributed by atoms with Crippen LogP contribution in [0.4, 0.5) is 0 Å². The van der Waals surface area contributed by atoms with Crippen LogP contribution in [-0.4, -0.2) is 59.7 Å². The summed E-state index contributed by atoms with van der Waals surface area (Å²) in [5.74, 6) is -0.742. The molecule has 7 heteroatoms. The predicted molar refractivity (Wildman–Crippen MR) is 90.6 cm³/mol. The van der Waals surface area contributed by atoms with Crippen LogP contribution in [0, 0.1) is 0 Å². The van der Waals surface area contributed by atoms with Gasteiger partial charge in [0.1, 0.15) is 6.04 Å². The molecule has 0 bridgehead atoms. The van der Waals surface area contributed by atoms with Crippen molar-refractivity contribution in [3.8, 4) is 0 Å². The third-order valence-electron chi connectivity index (χ3n) is 5.36. The first kappa shape index (κ1) is 16.2. The lowest BCUT2D eigenvalue weighted by molar-refractivity contribution is -0.136. The Balaban J connectivity index is 1.46. The Morgan fingerprint density at radius 3 is 2.76 bits per heavy atom. The molecule has 3 aliphatic rings. The summed E-state index contributed by atoms with van der Waals surface area (Å²) < 4.78 is 0. The zero-order valence-corrected chi connectivity index (χ0v) is 14.2. The highest BCUT2D eigenvalue weighted by atomic mass is 16.2. The second-order valence-electron chi connectivity index (χ2n) is 7.07. The fourth-order valence-electron chi connectivity index (χ4n) is 3.87. The lowest BCUT2D eigenvalue weighted by Gasteiger charge is -2.39. The van der Waals surface area contributed by atoms with E-state index in [0.717, 1.165) is 25.2 Å². The van der Waals surface area contributed by atoms with Crippen LogP contribution in [0.3, 0.4) is 0 Å². The van der Waals surface area contributed by atoms with E-state index < -0.39 is 6.04 Å². The van der Waals surface area contributed by atoms with Crippen molar-refractivity contribution in [1.29, 1.82) is 0 Å². The fraction of sp³-hybridized carbons (Fsp3) is 0.500. The van der Waals surface area contributed by atoms with Gasteiger partial charge in [-0.2, -0.15) is 0 Å². The van der Waals surface area contributed by atoms with Gasteiger partial charge in [0.15, 0.2) is 0 Å². The van der Waals surface area contributed by atoms with Gasteiger partial charge in [-0.05, 0) is 30.7 Å². The second kappa shape index (κ2) is 6.24. The van der Waals surface area contributed by atoms with Crippen molar-refractivity contribution in [1.82, 2.24) is 20.4 Å². The molecule has 0 aromatic heterocycles. The van der Waals surface area contributed by atoms with Gasteiger partial charge >= 0.3 is 0 Å². The monoisotopic (exact) mass is 342 g/mol. The number of piperidine rings is 1. The number of likely N-dealkylation sites (N-methyl/N-ethyl adjacent to an activating group) is 1. The second-order valence-corrected chi connectivity index (χ2v) is 7.07. The Labute approximate surface area is 146 Å². The lowest BCUT2D eigenvalue weighted by Crippen LogP contribution is -2.56. The van der Waals surface area contributed by atoms with E-state index in [1.54, 1.807) is 4.90 Å². The van der Waals surface area contributed by atoms with Crippen molar-refractivity contribution in [2.24, 2.45) is 0 Å². The maximum Gasteiger partial charge on any atom is 0.255 e. The molecule has 4 rings (SSSR count). The number of hydrogen-bond acceptors (Lipinski definition) is 5. The van der Waals surface area contributed by atoms with Gasteiger partial charge in [0.2, 0.25) is 11.8 Å². The summed E-state index contributed by atoms with van der Waals surface area (Å²) in [6.07, 6.45) is 0.680. The average molecular weight is 342 g/mol. The number of nitrogens with zero attached hydrogens (tertiary/aromatic N) is 2. The fourth-order valence-corrected chi connectivity index (χ4v) is 3.87. The molecule has 0 saturated carbocycles. The zero-order valence-electron chi connectivity index (χ0n) is 14.2. The molecule has 2 saturated heterocycles. The van der Waals surface area contributed by atoms with Gasteiger partial charge in [0, 0.05) is 44.2 Å². The van der Waals surface area contributed by atoms with Crippen LogP contribution in [0.15, 0.2) is 18.2 Å². The number of imide groups is 1. The first-order chi connectivity index (χ1) is 12.0. The highest BCUT2D eigenvalue weighted by Gasteiger charge is 2.39. The van der Waals surface area contributed by atoms with E-state index in [4.69, 9.17) is 0 Å². The van der Waals surface area contributed by atoms with E-state index in [9.17, 15) is 14.4 Å². The molecule has 3 aliphatic heterocycles. The minimum absolute atomic E-state index is 0.116. The molecule has 0 radical (unpaired) electrons. The van der Waals surface area contributed by atoms with Crippen LogP contribution in [-0.2, 0) is 22.7 Å². The van der Waals surface area contributed by atoms with Crippen LogP contribution in [0.1, 0.15) is 34.3 Å². The first-order valence-electron chi connectivity index (χ1n) is 8.71. The average Bonchev–Trinajstić information content (AvgIpc) is 2.87. The highest BCUT2D eigenvalue weighted by Crippen LogP contribution is 2.28. The molecule has 1 unspecified atom stereocenters. The topological polar surface area (TPSA) is 81.8 Å². The van der Waals surface area contributed by atoms with Gasteiger partial charge in [0.25, 0.3) is 5.91 Å². The molecule has 0 spiro atoms. The van der Waals surface area contributed by atoms with Crippen molar-refractivity contribution in [2.75, 3.05) is 20.1 Å². The SMILES string of the molecule is CNC1CN(Cc2ccc3c(c2)CN(C2CCC(=O)NC2=O)C3=O)C1. The molecule has 1 aromatic rings. The lowest BCUT2D eigenvalue weighted by atomic mass is 10.0. The first-order valence-corrected chi connectivity index (χ1v) is 8.71. The molecule has 3 heterocycles. The molecule has 3 amide bonds. The minimum atomic E-state index is -0.548. The van der Waals surface area contributed by atoms with Crippen LogP contribution in [0.25, 0.3) is 0 Å². The maximum absolute atomic E-state index is 12.6. The van der Waals surface area contributed by atoms with Gasteiger partial charge in [0.05, 0.1) is 0 Å². The quantitative estimate of drug-likeness (QED) is 0.744. The standard InChI is InChI=1S/C18H22N4O3/c1-19-13-9-21(10-13)7-11-2-3-14-12(6-11)8-22(18(14)25)15-4-5-16(23)20-17(15)24/h2-3,6,13,15,19H,4-5,7-10H2,1H3,(H,20,23,24). The largest absolute Gasteiger partial charge is 0.322 e. The molecule has 132 valence electrons. The van der Waals surface area contributed by atoms with Gasteiger partial charge < -0.3 is 10.2 Å². The van der Waals surface area contributed by atoms with E-state index in [1.165, 1.54) is 5.56 Å². The van der Waals surface area contributed by atoms with E-state index in [-0.39, 0.29) is 24.1 Å². The van der Waals surface area contributed by atoms with Gasteiger partial charge in [-0.3, -0.25) is 24.6 Å². The molecular formula is C18H22N4O3. The zero-order chi connectivity index (χ0) is 17.6. The Morgan fingerprint density at radius 1 is 1.24 bits per heavy atom. The molecule has 0 aliphatic carbocycles. The molecule has 2 fully saturated rings. The Kier molecular flexibility index (Phi) is 4.05. The van der Waals surface area contributed by atoms with E-state index in [2.05, 4.69) is 21.6 Å². The predicted octanol–water partition coefficient (Wildman–Crippen LogP) is -0.149. The number of nitrogens with one attached hydrogen (secondary N) is 2. The van der Waals surface area contributed by atoms with Gasteiger partial charge in [-0.15, -0.1) is 0 Å². The van der Waals surface area contributed by atoms with Crippen LogP contribution < -0.4 is 10.6 Å².